The Labute approximate surface area is 106 Å². The number of rotatable bonds is 6. The van der Waals surface area contributed by atoms with Crippen molar-refractivity contribution in [3.05, 3.63) is 35.7 Å². The molecule has 6 heteroatoms. The van der Waals surface area contributed by atoms with Crippen molar-refractivity contribution in [3.8, 4) is 0 Å². The topological polar surface area (TPSA) is 47.7 Å². The van der Waals surface area contributed by atoms with Gasteiger partial charge in [-0.3, -0.25) is 4.68 Å². The summed E-state index contributed by atoms with van der Waals surface area (Å²) in [6, 6.07) is 0. The molecule has 0 aliphatic rings. The zero-order chi connectivity index (χ0) is 13.0. The summed E-state index contributed by atoms with van der Waals surface area (Å²) in [6.07, 6.45) is 5.38. The van der Waals surface area contributed by atoms with Crippen molar-refractivity contribution in [2.24, 2.45) is 0 Å². The molecule has 5 nitrogen and oxygen atoms in total. The third-order valence-electron chi connectivity index (χ3n) is 2.80. The summed E-state index contributed by atoms with van der Waals surface area (Å²) in [5.41, 5.74) is 1.69. The van der Waals surface area contributed by atoms with Gasteiger partial charge in [0.2, 0.25) is 5.95 Å². The first-order chi connectivity index (χ1) is 8.74. The first-order valence-electron chi connectivity index (χ1n) is 6.16. The van der Waals surface area contributed by atoms with Gasteiger partial charge in [-0.2, -0.15) is 14.6 Å². The van der Waals surface area contributed by atoms with E-state index in [-0.39, 0.29) is 5.95 Å². The number of nitrogens with one attached hydrogen (secondary N) is 1. The number of halogens is 1. The number of hydrogen-bond donors (Lipinski definition) is 1. The van der Waals surface area contributed by atoms with Crippen LogP contribution < -0.4 is 5.32 Å². The Morgan fingerprint density at radius 3 is 2.61 bits per heavy atom. The lowest BCUT2D eigenvalue weighted by atomic mass is 10.3. The largest absolute Gasteiger partial charge is 0.308 e. The molecular weight excluding hydrogens is 233 g/mol. The van der Waals surface area contributed by atoms with E-state index in [9.17, 15) is 4.39 Å². The molecule has 0 atom stereocenters. The summed E-state index contributed by atoms with van der Waals surface area (Å²) in [5.74, 6) is -0.255. The molecule has 0 fully saturated rings. The molecule has 0 saturated carbocycles. The van der Waals surface area contributed by atoms with E-state index < -0.39 is 0 Å². The van der Waals surface area contributed by atoms with Crippen molar-refractivity contribution in [2.45, 2.75) is 40.0 Å². The van der Waals surface area contributed by atoms with E-state index in [1.54, 1.807) is 6.20 Å². The maximum atomic E-state index is 13.7. The molecule has 0 radical (unpaired) electrons. The fourth-order valence-electron chi connectivity index (χ4n) is 1.76. The SMILES string of the molecule is CCn1cc(CNCc2cnn(CC)c2F)cn1. The summed E-state index contributed by atoms with van der Waals surface area (Å²) in [7, 11) is 0. The molecule has 98 valence electrons. The van der Waals surface area contributed by atoms with Crippen molar-refractivity contribution < 1.29 is 4.39 Å². The minimum Gasteiger partial charge on any atom is -0.308 e. The average molecular weight is 251 g/mol. The standard InChI is InChI=1S/C12H18FN5/c1-3-17-9-10(6-15-17)5-14-7-11-8-16-18(4-2)12(11)13/h6,8-9,14H,3-5,7H2,1-2H3. The highest BCUT2D eigenvalue weighted by Crippen LogP contribution is 2.06. The molecule has 0 aliphatic carbocycles. The fourth-order valence-corrected chi connectivity index (χ4v) is 1.76. The van der Waals surface area contributed by atoms with Gasteiger partial charge in [-0.15, -0.1) is 0 Å². The van der Waals surface area contributed by atoms with Gasteiger partial charge in [-0.25, -0.2) is 4.68 Å². The van der Waals surface area contributed by atoms with Crippen molar-refractivity contribution in [2.75, 3.05) is 0 Å². The van der Waals surface area contributed by atoms with E-state index in [4.69, 9.17) is 0 Å². The molecule has 0 unspecified atom stereocenters. The molecule has 0 amide bonds. The van der Waals surface area contributed by atoms with E-state index >= 15 is 0 Å². The summed E-state index contributed by atoms with van der Waals surface area (Å²) in [6.45, 7) is 6.47. The molecule has 2 heterocycles. The van der Waals surface area contributed by atoms with E-state index in [0.717, 1.165) is 12.1 Å². The van der Waals surface area contributed by atoms with Gasteiger partial charge in [0.15, 0.2) is 0 Å². The predicted molar refractivity (Wildman–Crippen MR) is 66.3 cm³/mol. The van der Waals surface area contributed by atoms with Gasteiger partial charge in [0.1, 0.15) is 0 Å². The average Bonchev–Trinajstić information content (AvgIpc) is 2.97. The lowest BCUT2D eigenvalue weighted by Crippen LogP contribution is -2.13. The van der Waals surface area contributed by atoms with Crippen LogP contribution >= 0.6 is 0 Å². The van der Waals surface area contributed by atoms with Crippen LogP contribution in [0.2, 0.25) is 0 Å². The Balaban J connectivity index is 1.86. The summed E-state index contributed by atoms with van der Waals surface area (Å²) in [5, 5.41) is 11.3. The highest BCUT2D eigenvalue weighted by Gasteiger charge is 2.08. The molecule has 2 aromatic heterocycles. The van der Waals surface area contributed by atoms with Crippen LogP contribution in [0.4, 0.5) is 4.39 Å². The number of aromatic nitrogens is 4. The summed E-state index contributed by atoms with van der Waals surface area (Å²) < 4.78 is 16.9. The quantitative estimate of drug-likeness (QED) is 0.847. The van der Waals surface area contributed by atoms with Gasteiger partial charge in [0, 0.05) is 43.5 Å². The molecular formula is C12H18FN5. The lowest BCUT2D eigenvalue weighted by Gasteiger charge is -2.01. The van der Waals surface area contributed by atoms with Crippen LogP contribution in [0.5, 0.6) is 0 Å². The number of nitrogens with zero attached hydrogens (tertiary/aromatic N) is 4. The van der Waals surface area contributed by atoms with Crippen LogP contribution in [0, 0.1) is 5.95 Å². The smallest absolute Gasteiger partial charge is 0.215 e. The van der Waals surface area contributed by atoms with Crippen molar-refractivity contribution in [1.29, 1.82) is 0 Å². The Hall–Kier alpha value is -1.69. The van der Waals surface area contributed by atoms with Gasteiger partial charge < -0.3 is 5.32 Å². The molecule has 0 aliphatic heterocycles. The number of hydrogen-bond acceptors (Lipinski definition) is 3. The van der Waals surface area contributed by atoms with E-state index in [1.807, 2.05) is 30.9 Å². The summed E-state index contributed by atoms with van der Waals surface area (Å²) in [4.78, 5) is 0. The number of aryl methyl sites for hydroxylation is 2. The first-order valence-corrected chi connectivity index (χ1v) is 6.16. The van der Waals surface area contributed by atoms with Crippen LogP contribution in [0.15, 0.2) is 18.6 Å². The maximum absolute atomic E-state index is 13.7. The summed E-state index contributed by atoms with van der Waals surface area (Å²) >= 11 is 0. The second-order valence-electron chi connectivity index (χ2n) is 4.08. The second-order valence-corrected chi connectivity index (χ2v) is 4.08. The fraction of sp³-hybridized carbons (Fsp3) is 0.500. The minimum atomic E-state index is -0.255. The van der Waals surface area contributed by atoms with Gasteiger partial charge in [-0.1, -0.05) is 0 Å². The van der Waals surface area contributed by atoms with Crippen molar-refractivity contribution in [3.63, 3.8) is 0 Å². The highest BCUT2D eigenvalue weighted by molar-refractivity contribution is 5.08. The molecule has 0 spiro atoms. The van der Waals surface area contributed by atoms with Crippen LogP contribution in [0.25, 0.3) is 0 Å². The zero-order valence-corrected chi connectivity index (χ0v) is 10.7. The van der Waals surface area contributed by atoms with Crippen LogP contribution in [0.3, 0.4) is 0 Å². The first kappa shape index (κ1) is 12.8. The van der Waals surface area contributed by atoms with Crippen LogP contribution in [0.1, 0.15) is 25.0 Å². The van der Waals surface area contributed by atoms with E-state index in [0.29, 0.717) is 25.2 Å². The third-order valence-corrected chi connectivity index (χ3v) is 2.80. The normalized spacial score (nSPS) is 11.1. The van der Waals surface area contributed by atoms with Crippen LogP contribution in [-0.4, -0.2) is 19.6 Å². The Morgan fingerprint density at radius 2 is 2.00 bits per heavy atom. The molecule has 0 aromatic carbocycles. The Bertz CT molecular complexity index is 502. The molecule has 0 bridgehead atoms. The molecule has 18 heavy (non-hydrogen) atoms. The van der Waals surface area contributed by atoms with Gasteiger partial charge >= 0.3 is 0 Å². The second kappa shape index (κ2) is 5.77. The Morgan fingerprint density at radius 1 is 1.17 bits per heavy atom. The van der Waals surface area contributed by atoms with Gasteiger partial charge in [-0.05, 0) is 13.8 Å². The van der Waals surface area contributed by atoms with Gasteiger partial charge in [0.05, 0.1) is 12.4 Å². The van der Waals surface area contributed by atoms with Gasteiger partial charge in [0.25, 0.3) is 0 Å². The predicted octanol–water partition coefficient (Wildman–Crippen LogP) is 1.55. The van der Waals surface area contributed by atoms with E-state index in [1.165, 1.54) is 4.68 Å². The molecule has 1 N–H and O–H groups in total. The third kappa shape index (κ3) is 2.76. The minimum absolute atomic E-state index is 0.255. The molecule has 0 saturated heterocycles. The lowest BCUT2D eigenvalue weighted by molar-refractivity contribution is 0.460. The van der Waals surface area contributed by atoms with Crippen molar-refractivity contribution in [1.82, 2.24) is 24.9 Å². The molecule has 2 rings (SSSR count). The Kier molecular flexibility index (Phi) is 4.09. The zero-order valence-electron chi connectivity index (χ0n) is 10.7. The van der Waals surface area contributed by atoms with E-state index in [2.05, 4.69) is 15.5 Å². The maximum Gasteiger partial charge on any atom is 0.215 e. The monoisotopic (exact) mass is 251 g/mol. The highest BCUT2D eigenvalue weighted by atomic mass is 19.1. The van der Waals surface area contributed by atoms with Crippen LogP contribution in [-0.2, 0) is 26.2 Å². The molecule has 2 aromatic rings. The van der Waals surface area contributed by atoms with Crippen molar-refractivity contribution >= 4 is 0 Å².